The molecule has 1 amide bonds. The van der Waals surface area contributed by atoms with Crippen LogP contribution in [-0.2, 0) is 14.6 Å². The molecule has 0 unspecified atom stereocenters. The molecule has 0 heterocycles. The molecule has 0 aliphatic carbocycles. The highest BCUT2D eigenvalue weighted by atomic mass is 32.2. The Hall–Kier alpha value is -1.88. The van der Waals surface area contributed by atoms with Gasteiger partial charge < -0.3 is 5.32 Å². The zero-order valence-corrected chi connectivity index (χ0v) is 12.0. The Kier molecular flexibility index (Phi) is 5.06. The minimum absolute atomic E-state index is 0.186. The van der Waals surface area contributed by atoms with Crippen molar-refractivity contribution in [3.05, 3.63) is 48.1 Å². The summed E-state index contributed by atoms with van der Waals surface area (Å²) < 4.78 is 22.9. The van der Waals surface area contributed by atoms with Gasteiger partial charge >= 0.3 is 0 Å². The lowest BCUT2D eigenvalue weighted by Crippen LogP contribution is -2.10. The molecule has 1 aromatic carbocycles. The van der Waals surface area contributed by atoms with Crippen molar-refractivity contribution in [3.8, 4) is 0 Å². The van der Waals surface area contributed by atoms with Crippen LogP contribution >= 0.6 is 0 Å². The average molecular weight is 279 g/mol. The molecule has 0 spiro atoms. The first-order chi connectivity index (χ1) is 8.84. The topological polar surface area (TPSA) is 63.2 Å². The summed E-state index contributed by atoms with van der Waals surface area (Å²) in [4.78, 5) is 11.8. The fourth-order valence-electron chi connectivity index (χ4n) is 1.39. The molecule has 4 nitrogen and oxygen atoms in total. The Bertz CT molecular complexity index is 628. The standard InChI is InChI=1S/C14H17NO3S/c1-4-5-6-7-14(16)15-13-10-12(19(3,17)18)9-8-11(13)2/h4-10H,1-3H3,(H,15,16)/b5-4+,7-6+. The van der Waals surface area contributed by atoms with Crippen LogP contribution in [0, 0.1) is 6.92 Å². The molecule has 1 rings (SSSR count). The van der Waals surface area contributed by atoms with Crippen molar-refractivity contribution >= 4 is 21.4 Å². The monoisotopic (exact) mass is 279 g/mol. The zero-order valence-electron chi connectivity index (χ0n) is 11.2. The second-order valence-electron chi connectivity index (χ2n) is 4.12. The predicted octanol–water partition coefficient (Wildman–Crippen LogP) is 2.47. The normalized spacial score (nSPS) is 12.2. The number of amides is 1. The molecule has 0 aliphatic rings. The number of hydrogen-bond acceptors (Lipinski definition) is 3. The molecule has 0 bridgehead atoms. The lowest BCUT2D eigenvalue weighted by Gasteiger charge is -2.08. The molecule has 102 valence electrons. The Morgan fingerprint density at radius 3 is 2.53 bits per heavy atom. The first kappa shape index (κ1) is 15.2. The van der Waals surface area contributed by atoms with Crippen LogP contribution in [0.1, 0.15) is 12.5 Å². The third-order valence-electron chi connectivity index (χ3n) is 2.45. The first-order valence-corrected chi connectivity index (χ1v) is 7.65. The van der Waals surface area contributed by atoms with Crippen molar-refractivity contribution in [2.45, 2.75) is 18.7 Å². The van der Waals surface area contributed by atoms with E-state index in [-0.39, 0.29) is 10.8 Å². The molecule has 0 aliphatic heterocycles. The summed E-state index contributed by atoms with van der Waals surface area (Å²) in [6, 6.07) is 4.66. The maximum Gasteiger partial charge on any atom is 0.248 e. The highest BCUT2D eigenvalue weighted by Gasteiger charge is 2.10. The van der Waals surface area contributed by atoms with E-state index in [4.69, 9.17) is 0 Å². The maximum atomic E-state index is 11.6. The molecule has 0 atom stereocenters. The number of carbonyl (C=O) groups excluding carboxylic acids is 1. The van der Waals surface area contributed by atoms with Crippen molar-refractivity contribution < 1.29 is 13.2 Å². The molecule has 1 aromatic rings. The highest BCUT2D eigenvalue weighted by Crippen LogP contribution is 2.20. The fraction of sp³-hybridized carbons (Fsp3) is 0.214. The van der Waals surface area contributed by atoms with Crippen LogP contribution in [0.3, 0.4) is 0 Å². The maximum absolute atomic E-state index is 11.6. The van der Waals surface area contributed by atoms with Gasteiger partial charge in [0.2, 0.25) is 5.91 Å². The summed E-state index contributed by atoms with van der Waals surface area (Å²) in [5.74, 6) is -0.299. The first-order valence-electron chi connectivity index (χ1n) is 5.75. The molecule has 1 N–H and O–H groups in total. The number of sulfone groups is 1. The third kappa shape index (κ3) is 4.71. The summed E-state index contributed by atoms with van der Waals surface area (Å²) >= 11 is 0. The number of aryl methyl sites for hydroxylation is 1. The summed E-state index contributed by atoms with van der Waals surface area (Å²) in [6.45, 7) is 3.65. The van der Waals surface area contributed by atoms with Gasteiger partial charge in [-0.3, -0.25) is 4.79 Å². The van der Waals surface area contributed by atoms with Gasteiger partial charge in [-0.15, -0.1) is 0 Å². The quantitative estimate of drug-likeness (QED) is 0.680. The summed E-state index contributed by atoms with van der Waals surface area (Å²) in [5, 5.41) is 2.66. The van der Waals surface area contributed by atoms with Gasteiger partial charge in [0.25, 0.3) is 0 Å². The van der Waals surface area contributed by atoms with Crippen LogP contribution in [0.5, 0.6) is 0 Å². The molecule has 0 radical (unpaired) electrons. The fourth-order valence-corrected chi connectivity index (χ4v) is 2.04. The minimum Gasteiger partial charge on any atom is -0.322 e. The van der Waals surface area contributed by atoms with Gasteiger partial charge in [-0.25, -0.2) is 8.42 Å². The predicted molar refractivity (Wildman–Crippen MR) is 76.9 cm³/mol. The summed E-state index contributed by atoms with van der Waals surface area (Å²) in [6.07, 6.45) is 7.67. The van der Waals surface area contributed by atoms with E-state index >= 15 is 0 Å². The minimum atomic E-state index is -3.28. The largest absolute Gasteiger partial charge is 0.322 e. The molecule has 0 aromatic heterocycles. The molecular weight excluding hydrogens is 262 g/mol. The van der Waals surface area contributed by atoms with Crippen LogP contribution in [0.25, 0.3) is 0 Å². The van der Waals surface area contributed by atoms with E-state index in [1.54, 1.807) is 31.2 Å². The third-order valence-corrected chi connectivity index (χ3v) is 3.56. The lowest BCUT2D eigenvalue weighted by molar-refractivity contribution is -0.111. The van der Waals surface area contributed by atoms with Crippen LogP contribution in [0.2, 0.25) is 0 Å². The number of benzene rings is 1. The Morgan fingerprint density at radius 1 is 1.26 bits per heavy atom. The molecular formula is C14H17NO3S. The number of rotatable bonds is 4. The SMILES string of the molecule is C/C=C/C=C/C(=O)Nc1cc(S(C)(=O)=O)ccc1C. The zero-order chi connectivity index (χ0) is 14.5. The van der Waals surface area contributed by atoms with Gasteiger partial charge in [-0.2, -0.15) is 0 Å². The van der Waals surface area contributed by atoms with Crippen molar-refractivity contribution in [3.63, 3.8) is 0 Å². The smallest absolute Gasteiger partial charge is 0.248 e. The Balaban J connectivity index is 2.98. The Labute approximate surface area is 113 Å². The number of allylic oxidation sites excluding steroid dienone is 3. The number of nitrogens with one attached hydrogen (secondary N) is 1. The van der Waals surface area contributed by atoms with Gasteiger partial charge in [0.05, 0.1) is 4.90 Å². The Morgan fingerprint density at radius 2 is 1.95 bits per heavy atom. The number of hydrogen-bond donors (Lipinski definition) is 1. The van der Waals surface area contributed by atoms with E-state index < -0.39 is 9.84 Å². The van der Waals surface area contributed by atoms with Gasteiger partial charge in [0, 0.05) is 18.0 Å². The van der Waals surface area contributed by atoms with Crippen LogP contribution in [0.4, 0.5) is 5.69 Å². The van der Waals surface area contributed by atoms with Gasteiger partial charge in [0.15, 0.2) is 9.84 Å². The van der Waals surface area contributed by atoms with Gasteiger partial charge in [-0.1, -0.05) is 24.3 Å². The van der Waals surface area contributed by atoms with E-state index in [9.17, 15) is 13.2 Å². The molecule has 0 saturated carbocycles. The molecule has 5 heteroatoms. The molecule has 0 fully saturated rings. The van der Waals surface area contributed by atoms with Crippen LogP contribution in [0.15, 0.2) is 47.4 Å². The van der Waals surface area contributed by atoms with E-state index in [0.717, 1.165) is 11.8 Å². The average Bonchev–Trinajstić information content (AvgIpc) is 2.31. The van der Waals surface area contributed by atoms with Crippen LogP contribution < -0.4 is 5.32 Å². The summed E-state index contributed by atoms with van der Waals surface area (Å²) in [5.41, 5.74) is 1.30. The van der Waals surface area contributed by atoms with Crippen molar-refractivity contribution in [1.29, 1.82) is 0 Å². The van der Waals surface area contributed by atoms with Gasteiger partial charge in [0.1, 0.15) is 0 Å². The van der Waals surface area contributed by atoms with Gasteiger partial charge in [-0.05, 0) is 31.5 Å². The van der Waals surface area contributed by atoms with Crippen molar-refractivity contribution in [2.24, 2.45) is 0 Å². The molecule has 19 heavy (non-hydrogen) atoms. The second kappa shape index (κ2) is 6.33. The number of carbonyl (C=O) groups is 1. The molecule has 0 saturated heterocycles. The van der Waals surface area contributed by atoms with Crippen molar-refractivity contribution in [1.82, 2.24) is 0 Å². The van der Waals surface area contributed by atoms with E-state index in [1.807, 2.05) is 6.92 Å². The highest BCUT2D eigenvalue weighted by molar-refractivity contribution is 7.90. The van der Waals surface area contributed by atoms with Crippen LogP contribution in [-0.4, -0.2) is 20.6 Å². The number of anilines is 1. The van der Waals surface area contributed by atoms with E-state index in [1.165, 1.54) is 18.2 Å². The lowest BCUT2D eigenvalue weighted by atomic mass is 10.2. The van der Waals surface area contributed by atoms with E-state index in [2.05, 4.69) is 5.32 Å². The summed E-state index contributed by atoms with van der Waals surface area (Å²) in [7, 11) is -3.28. The van der Waals surface area contributed by atoms with E-state index in [0.29, 0.717) is 5.69 Å². The second-order valence-corrected chi connectivity index (χ2v) is 6.14. The van der Waals surface area contributed by atoms with Crippen molar-refractivity contribution in [2.75, 3.05) is 11.6 Å².